The largest absolute Gasteiger partial charge is 0.325 e. The van der Waals surface area contributed by atoms with Crippen molar-refractivity contribution in [2.24, 2.45) is 5.92 Å². The first kappa shape index (κ1) is 19.9. The number of carbonyl (C=O) groups is 1. The Bertz CT molecular complexity index is 475. The van der Waals surface area contributed by atoms with E-state index in [9.17, 15) is 4.79 Å². The fourth-order valence-electron chi connectivity index (χ4n) is 3.09. The van der Waals surface area contributed by atoms with Crippen LogP contribution in [0.2, 0.25) is 0 Å². The number of amides is 1. The zero-order valence-corrected chi connectivity index (χ0v) is 15.1. The second kappa shape index (κ2) is 10.6. The molecule has 2 N–H and O–H groups in total. The SMILES string of the molecule is CCCN(CC(=O)Nc1ccccc1C)CC1CCNCC1.Cl. The van der Waals surface area contributed by atoms with Gasteiger partial charge in [0.2, 0.25) is 5.91 Å². The first-order valence-corrected chi connectivity index (χ1v) is 8.47. The van der Waals surface area contributed by atoms with Crippen molar-refractivity contribution in [2.45, 2.75) is 33.1 Å². The fourth-order valence-corrected chi connectivity index (χ4v) is 3.09. The van der Waals surface area contributed by atoms with Crippen molar-refractivity contribution in [3.8, 4) is 0 Å². The van der Waals surface area contributed by atoms with Crippen LogP contribution in [0.3, 0.4) is 0 Å². The highest BCUT2D eigenvalue weighted by molar-refractivity contribution is 5.92. The molecule has 0 aromatic heterocycles. The van der Waals surface area contributed by atoms with Gasteiger partial charge in [-0.2, -0.15) is 0 Å². The third-order valence-corrected chi connectivity index (χ3v) is 4.30. The second-order valence-electron chi connectivity index (χ2n) is 6.29. The highest BCUT2D eigenvalue weighted by Crippen LogP contribution is 2.15. The topological polar surface area (TPSA) is 44.4 Å². The molecule has 5 heteroatoms. The van der Waals surface area contributed by atoms with Gasteiger partial charge in [-0.05, 0) is 63.4 Å². The van der Waals surface area contributed by atoms with Crippen LogP contribution in [-0.4, -0.2) is 43.5 Å². The molecule has 0 radical (unpaired) electrons. The van der Waals surface area contributed by atoms with Gasteiger partial charge >= 0.3 is 0 Å². The van der Waals surface area contributed by atoms with E-state index >= 15 is 0 Å². The molecule has 1 aliphatic rings. The van der Waals surface area contributed by atoms with Gasteiger partial charge in [-0.15, -0.1) is 12.4 Å². The smallest absolute Gasteiger partial charge is 0.238 e. The highest BCUT2D eigenvalue weighted by atomic mass is 35.5. The first-order valence-electron chi connectivity index (χ1n) is 8.47. The quantitative estimate of drug-likeness (QED) is 0.802. The molecule has 23 heavy (non-hydrogen) atoms. The summed E-state index contributed by atoms with van der Waals surface area (Å²) in [6.45, 7) is 8.94. The summed E-state index contributed by atoms with van der Waals surface area (Å²) in [6, 6.07) is 7.94. The van der Waals surface area contributed by atoms with Gasteiger partial charge in [0.25, 0.3) is 0 Å². The van der Waals surface area contributed by atoms with E-state index in [4.69, 9.17) is 0 Å². The lowest BCUT2D eigenvalue weighted by molar-refractivity contribution is -0.117. The molecule has 1 saturated heterocycles. The third kappa shape index (κ3) is 6.90. The number of benzene rings is 1. The lowest BCUT2D eigenvalue weighted by Gasteiger charge is -2.29. The Kier molecular flexibility index (Phi) is 9.22. The molecule has 0 unspecified atom stereocenters. The maximum absolute atomic E-state index is 12.3. The van der Waals surface area contributed by atoms with E-state index in [0.29, 0.717) is 6.54 Å². The van der Waals surface area contributed by atoms with Crippen LogP contribution < -0.4 is 10.6 Å². The zero-order valence-electron chi connectivity index (χ0n) is 14.3. The molecule has 1 aromatic carbocycles. The number of halogens is 1. The van der Waals surface area contributed by atoms with Gasteiger partial charge < -0.3 is 10.6 Å². The summed E-state index contributed by atoms with van der Waals surface area (Å²) in [7, 11) is 0. The Balaban J connectivity index is 0.00000264. The highest BCUT2D eigenvalue weighted by Gasteiger charge is 2.18. The van der Waals surface area contributed by atoms with Gasteiger partial charge in [0.05, 0.1) is 6.54 Å². The van der Waals surface area contributed by atoms with Gasteiger partial charge in [0, 0.05) is 12.2 Å². The number of hydrogen-bond donors (Lipinski definition) is 2. The summed E-state index contributed by atoms with van der Waals surface area (Å²) in [6.07, 6.45) is 3.53. The van der Waals surface area contributed by atoms with Crippen LogP contribution in [0.1, 0.15) is 31.7 Å². The molecule has 1 aromatic rings. The van der Waals surface area contributed by atoms with Gasteiger partial charge in [-0.25, -0.2) is 0 Å². The summed E-state index contributed by atoms with van der Waals surface area (Å²) in [5.41, 5.74) is 2.03. The van der Waals surface area contributed by atoms with E-state index in [2.05, 4.69) is 22.5 Å². The Labute approximate surface area is 146 Å². The van der Waals surface area contributed by atoms with Crippen LogP contribution >= 0.6 is 12.4 Å². The zero-order chi connectivity index (χ0) is 15.8. The van der Waals surface area contributed by atoms with Gasteiger partial charge in [-0.3, -0.25) is 9.69 Å². The summed E-state index contributed by atoms with van der Waals surface area (Å²) in [5.74, 6) is 0.816. The Morgan fingerprint density at radius 3 is 2.65 bits per heavy atom. The molecule has 130 valence electrons. The summed E-state index contributed by atoms with van der Waals surface area (Å²) in [5, 5.41) is 6.45. The molecule has 0 aliphatic carbocycles. The minimum Gasteiger partial charge on any atom is -0.325 e. The minimum absolute atomic E-state index is 0. The van der Waals surface area contributed by atoms with Gasteiger partial charge in [-0.1, -0.05) is 25.1 Å². The average Bonchev–Trinajstić information content (AvgIpc) is 2.51. The number of aryl methyl sites for hydroxylation is 1. The third-order valence-electron chi connectivity index (χ3n) is 4.30. The molecule has 2 rings (SSSR count). The van der Waals surface area contributed by atoms with Crippen molar-refractivity contribution in [3.63, 3.8) is 0 Å². The summed E-state index contributed by atoms with van der Waals surface area (Å²) in [4.78, 5) is 14.6. The number of rotatable bonds is 7. The van der Waals surface area contributed by atoms with Crippen molar-refractivity contribution in [3.05, 3.63) is 29.8 Å². The van der Waals surface area contributed by atoms with Crippen molar-refractivity contribution in [1.29, 1.82) is 0 Å². The van der Waals surface area contributed by atoms with Crippen LogP contribution in [0.4, 0.5) is 5.69 Å². The van der Waals surface area contributed by atoms with E-state index in [1.54, 1.807) is 0 Å². The fraction of sp³-hybridized carbons (Fsp3) is 0.611. The maximum Gasteiger partial charge on any atom is 0.238 e. The van der Waals surface area contributed by atoms with Crippen molar-refractivity contribution in [2.75, 3.05) is 38.0 Å². The van der Waals surface area contributed by atoms with Gasteiger partial charge in [0.1, 0.15) is 0 Å². The Morgan fingerprint density at radius 1 is 1.30 bits per heavy atom. The van der Waals surface area contributed by atoms with Crippen LogP contribution in [0, 0.1) is 12.8 Å². The van der Waals surface area contributed by atoms with Crippen LogP contribution in [0.15, 0.2) is 24.3 Å². The number of nitrogens with zero attached hydrogens (tertiary/aromatic N) is 1. The number of hydrogen-bond acceptors (Lipinski definition) is 3. The monoisotopic (exact) mass is 339 g/mol. The molecule has 1 heterocycles. The summed E-state index contributed by atoms with van der Waals surface area (Å²) < 4.78 is 0. The predicted molar refractivity (Wildman–Crippen MR) is 99.4 cm³/mol. The molecule has 0 saturated carbocycles. The Morgan fingerprint density at radius 2 is 2.00 bits per heavy atom. The minimum atomic E-state index is 0. The van der Waals surface area contributed by atoms with Crippen molar-refractivity contribution >= 4 is 24.0 Å². The average molecular weight is 340 g/mol. The molecule has 1 aliphatic heterocycles. The number of carbonyl (C=O) groups excluding carboxylic acids is 1. The van der Waals surface area contributed by atoms with Crippen LogP contribution in [0.25, 0.3) is 0 Å². The van der Waals surface area contributed by atoms with Gasteiger partial charge in [0.15, 0.2) is 0 Å². The van der Waals surface area contributed by atoms with Crippen molar-refractivity contribution in [1.82, 2.24) is 10.2 Å². The second-order valence-corrected chi connectivity index (χ2v) is 6.29. The number of para-hydroxylation sites is 1. The Hall–Kier alpha value is -1.10. The van der Waals surface area contributed by atoms with E-state index in [0.717, 1.165) is 49.8 Å². The molecular weight excluding hydrogens is 310 g/mol. The number of piperidine rings is 1. The number of nitrogens with one attached hydrogen (secondary N) is 2. The molecule has 1 fully saturated rings. The van der Waals surface area contributed by atoms with E-state index < -0.39 is 0 Å². The normalized spacial score (nSPS) is 15.3. The molecule has 0 spiro atoms. The molecule has 0 atom stereocenters. The first-order chi connectivity index (χ1) is 10.7. The molecule has 1 amide bonds. The lowest BCUT2D eigenvalue weighted by Crippen LogP contribution is -2.40. The molecular formula is C18H30ClN3O. The van der Waals surface area contributed by atoms with E-state index in [1.165, 1.54) is 12.8 Å². The van der Waals surface area contributed by atoms with E-state index in [-0.39, 0.29) is 18.3 Å². The lowest BCUT2D eigenvalue weighted by atomic mass is 9.97. The predicted octanol–water partition coefficient (Wildman–Crippen LogP) is 3.07. The molecule has 4 nitrogen and oxygen atoms in total. The van der Waals surface area contributed by atoms with Crippen LogP contribution in [-0.2, 0) is 4.79 Å². The summed E-state index contributed by atoms with van der Waals surface area (Å²) >= 11 is 0. The maximum atomic E-state index is 12.3. The van der Waals surface area contributed by atoms with E-state index in [1.807, 2.05) is 31.2 Å². The van der Waals surface area contributed by atoms with Crippen LogP contribution in [0.5, 0.6) is 0 Å². The standard InChI is InChI=1S/C18H29N3O.ClH/c1-3-12-21(13-16-8-10-19-11-9-16)14-18(22)20-17-7-5-4-6-15(17)2;/h4-7,16,19H,3,8-14H2,1-2H3,(H,20,22);1H. The van der Waals surface area contributed by atoms with Crippen molar-refractivity contribution < 1.29 is 4.79 Å². The molecule has 0 bridgehead atoms. The number of anilines is 1.